The average molecular weight is 446 g/mol. The van der Waals surface area contributed by atoms with E-state index in [-0.39, 0.29) is 44.1 Å². The zero-order valence-corrected chi connectivity index (χ0v) is 17.9. The number of amides is 1. The van der Waals surface area contributed by atoms with Crippen molar-refractivity contribution in [1.82, 2.24) is 4.98 Å². The third-order valence-electron chi connectivity index (χ3n) is 4.69. The molecular formula is C21H22N2O7S. The first-order valence-electron chi connectivity index (χ1n) is 9.74. The molecule has 0 saturated carbocycles. The smallest absolute Gasteiger partial charge is 0.352 e. The Labute approximate surface area is 182 Å². The van der Waals surface area contributed by atoms with Gasteiger partial charge in [-0.25, -0.2) is 4.79 Å². The Bertz CT molecular complexity index is 1060. The van der Waals surface area contributed by atoms with Gasteiger partial charge >= 0.3 is 17.9 Å². The molecule has 0 saturated heterocycles. The summed E-state index contributed by atoms with van der Waals surface area (Å²) in [7, 11) is 0. The predicted octanol–water partition coefficient (Wildman–Crippen LogP) is 2.87. The van der Waals surface area contributed by atoms with E-state index in [4.69, 9.17) is 9.47 Å². The van der Waals surface area contributed by atoms with E-state index in [1.807, 2.05) is 5.38 Å². The average Bonchev–Trinajstić information content (AvgIpc) is 3.36. The Morgan fingerprint density at radius 2 is 1.84 bits per heavy atom. The van der Waals surface area contributed by atoms with Gasteiger partial charge in [0, 0.05) is 17.7 Å². The second-order valence-electron chi connectivity index (χ2n) is 6.64. The quantitative estimate of drug-likeness (QED) is 0.398. The lowest BCUT2D eigenvalue weighted by molar-refractivity contribution is -0.143. The van der Waals surface area contributed by atoms with Gasteiger partial charge in [-0.3, -0.25) is 14.4 Å². The number of carbonyl (C=O) groups excluding carboxylic acids is 3. The number of hydrogen-bond acceptors (Lipinski definition) is 7. The maximum atomic E-state index is 12.4. The summed E-state index contributed by atoms with van der Waals surface area (Å²) < 4.78 is 9.96. The number of rotatable bonds is 9. The van der Waals surface area contributed by atoms with Gasteiger partial charge in [-0.1, -0.05) is 0 Å². The number of aromatic amines is 1. The van der Waals surface area contributed by atoms with Crippen molar-refractivity contribution >= 4 is 51.8 Å². The van der Waals surface area contributed by atoms with E-state index in [1.165, 1.54) is 17.4 Å². The zero-order chi connectivity index (χ0) is 22.5. The maximum absolute atomic E-state index is 12.4. The largest absolute Gasteiger partial charge is 0.477 e. The normalized spacial score (nSPS) is 13.7. The molecule has 31 heavy (non-hydrogen) atoms. The fourth-order valence-electron chi connectivity index (χ4n) is 3.40. The number of hydrogen-bond donors (Lipinski definition) is 3. The first kappa shape index (κ1) is 22.3. The highest BCUT2D eigenvalue weighted by Gasteiger charge is 2.28. The van der Waals surface area contributed by atoms with Gasteiger partial charge in [-0.05, 0) is 48.9 Å². The van der Waals surface area contributed by atoms with Crippen molar-refractivity contribution in [2.24, 2.45) is 0 Å². The second-order valence-corrected chi connectivity index (χ2v) is 7.55. The molecule has 0 fully saturated rings. The van der Waals surface area contributed by atoms with E-state index in [0.29, 0.717) is 33.0 Å². The monoisotopic (exact) mass is 446 g/mol. The highest BCUT2D eigenvalue weighted by atomic mass is 32.1. The zero-order valence-electron chi connectivity index (χ0n) is 17.1. The summed E-state index contributed by atoms with van der Waals surface area (Å²) in [5.41, 5.74) is 1.93. The Balaban J connectivity index is 2.07. The van der Waals surface area contributed by atoms with E-state index in [0.717, 1.165) is 0 Å². The van der Waals surface area contributed by atoms with E-state index in [1.54, 1.807) is 19.9 Å². The molecule has 0 radical (unpaired) electrons. The number of carbonyl (C=O) groups is 4. The van der Waals surface area contributed by atoms with Gasteiger partial charge in [-0.2, -0.15) is 0 Å². The van der Waals surface area contributed by atoms with Gasteiger partial charge in [0.25, 0.3) is 5.91 Å². The molecule has 0 unspecified atom stereocenters. The lowest BCUT2D eigenvalue weighted by Crippen LogP contribution is -2.12. The number of ether oxygens (including phenoxy) is 2. The molecule has 0 aromatic carbocycles. The molecule has 2 aromatic heterocycles. The van der Waals surface area contributed by atoms with Crippen LogP contribution < -0.4 is 5.32 Å². The van der Waals surface area contributed by atoms with Crippen LogP contribution in [0.4, 0.5) is 5.00 Å². The number of aromatic carboxylic acids is 1. The van der Waals surface area contributed by atoms with Crippen LogP contribution in [-0.4, -0.2) is 47.1 Å². The minimum absolute atomic E-state index is 0.0486. The predicted molar refractivity (Wildman–Crippen MR) is 114 cm³/mol. The van der Waals surface area contributed by atoms with Crippen LogP contribution in [0.25, 0.3) is 11.6 Å². The standard InChI is InChI=1S/C21H22N2O7S/c1-3-29-16(24)6-5-11-13(10-17(25)30-4-2)15(22-18(11)21(27)28)9-14-12-7-8-31-20(12)23-19(14)26/h7-9,22H,3-6,10H2,1-2H3,(H,23,26)(H,27,28). The van der Waals surface area contributed by atoms with Gasteiger partial charge in [-0.15, -0.1) is 11.3 Å². The van der Waals surface area contributed by atoms with Crippen molar-refractivity contribution in [2.75, 3.05) is 18.5 Å². The molecule has 0 spiro atoms. The number of thiophene rings is 1. The lowest BCUT2D eigenvalue weighted by atomic mass is 9.99. The Kier molecular flexibility index (Phi) is 6.91. The molecule has 0 aliphatic carbocycles. The first-order chi connectivity index (χ1) is 14.8. The summed E-state index contributed by atoms with van der Waals surface area (Å²) in [6, 6.07) is 1.79. The molecule has 0 atom stereocenters. The minimum atomic E-state index is -1.24. The Morgan fingerprint density at radius 3 is 2.52 bits per heavy atom. The Morgan fingerprint density at radius 1 is 1.13 bits per heavy atom. The van der Waals surface area contributed by atoms with Gasteiger partial charge in [0.05, 0.1) is 25.2 Å². The van der Waals surface area contributed by atoms with Crippen molar-refractivity contribution in [3.8, 4) is 0 Å². The third kappa shape index (κ3) is 4.85. The number of anilines is 1. The van der Waals surface area contributed by atoms with E-state index >= 15 is 0 Å². The third-order valence-corrected chi connectivity index (χ3v) is 5.52. The van der Waals surface area contributed by atoms with Crippen LogP contribution in [0.3, 0.4) is 0 Å². The van der Waals surface area contributed by atoms with Crippen LogP contribution in [-0.2, 0) is 36.7 Å². The molecular weight excluding hydrogens is 424 g/mol. The molecule has 2 aromatic rings. The lowest BCUT2D eigenvalue weighted by Gasteiger charge is -2.07. The topological polar surface area (TPSA) is 135 Å². The molecule has 10 heteroatoms. The highest BCUT2D eigenvalue weighted by molar-refractivity contribution is 7.15. The fraction of sp³-hybridized carbons (Fsp3) is 0.333. The molecule has 164 valence electrons. The van der Waals surface area contributed by atoms with Crippen LogP contribution in [0.2, 0.25) is 0 Å². The van der Waals surface area contributed by atoms with E-state index < -0.39 is 17.9 Å². The van der Waals surface area contributed by atoms with Crippen molar-refractivity contribution in [1.29, 1.82) is 0 Å². The van der Waals surface area contributed by atoms with Gasteiger partial charge in [0.15, 0.2) is 0 Å². The van der Waals surface area contributed by atoms with Gasteiger partial charge < -0.3 is 24.9 Å². The first-order valence-corrected chi connectivity index (χ1v) is 10.6. The van der Waals surface area contributed by atoms with Crippen molar-refractivity contribution in [3.63, 3.8) is 0 Å². The molecule has 0 bridgehead atoms. The van der Waals surface area contributed by atoms with Crippen LogP contribution in [0.15, 0.2) is 11.4 Å². The highest BCUT2D eigenvalue weighted by Crippen LogP contribution is 2.38. The summed E-state index contributed by atoms with van der Waals surface area (Å²) in [6.07, 6.45) is 1.34. The summed E-state index contributed by atoms with van der Waals surface area (Å²) in [5, 5.41) is 15.0. The minimum Gasteiger partial charge on any atom is -0.477 e. The number of carboxylic acids is 1. The van der Waals surface area contributed by atoms with Crippen molar-refractivity contribution in [2.45, 2.75) is 33.1 Å². The van der Waals surface area contributed by atoms with E-state index in [9.17, 15) is 24.3 Å². The van der Waals surface area contributed by atoms with Crippen LogP contribution in [0, 0.1) is 0 Å². The number of nitrogens with one attached hydrogen (secondary N) is 2. The number of aromatic nitrogens is 1. The van der Waals surface area contributed by atoms with Crippen molar-refractivity contribution < 1.29 is 33.8 Å². The summed E-state index contributed by atoms with van der Waals surface area (Å²) >= 11 is 1.38. The fourth-order valence-corrected chi connectivity index (χ4v) is 4.19. The molecule has 9 nitrogen and oxygen atoms in total. The van der Waals surface area contributed by atoms with Crippen LogP contribution in [0.5, 0.6) is 0 Å². The number of H-pyrrole nitrogens is 1. The summed E-state index contributed by atoms with van der Waals surface area (Å²) in [4.78, 5) is 51.1. The molecule has 1 amide bonds. The maximum Gasteiger partial charge on any atom is 0.352 e. The summed E-state index contributed by atoms with van der Waals surface area (Å²) in [5.74, 6) is -2.56. The van der Waals surface area contributed by atoms with Gasteiger partial charge in [0.2, 0.25) is 0 Å². The molecule has 1 aliphatic rings. The van der Waals surface area contributed by atoms with Crippen molar-refractivity contribution in [3.05, 3.63) is 39.5 Å². The second kappa shape index (κ2) is 9.61. The van der Waals surface area contributed by atoms with Gasteiger partial charge in [0.1, 0.15) is 10.7 Å². The summed E-state index contributed by atoms with van der Waals surface area (Å²) in [6.45, 7) is 3.73. The molecule has 3 heterocycles. The van der Waals surface area contributed by atoms with E-state index in [2.05, 4.69) is 10.3 Å². The number of carboxylic acid groups (broad SMARTS) is 1. The molecule has 1 aliphatic heterocycles. The molecule has 3 rings (SSSR count). The number of esters is 2. The molecule has 3 N–H and O–H groups in total. The SMILES string of the molecule is CCOC(=O)CCc1c(C(=O)O)[nH]c(C=C2C(=O)Nc3sccc32)c1CC(=O)OCC. The Hall–Kier alpha value is -3.40. The van der Waals surface area contributed by atoms with Crippen LogP contribution >= 0.6 is 11.3 Å². The van der Waals surface area contributed by atoms with Crippen LogP contribution in [0.1, 0.15) is 53.1 Å². The number of fused-ring (bicyclic) bond motifs is 1.